The van der Waals surface area contributed by atoms with Gasteiger partial charge in [0, 0.05) is 4.83 Å². The molecule has 0 aromatic carbocycles. The molecule has 1 rings (SSSR count). The van der Waals surface area contributed by atoms with Gasteiger partial charge in [0.2, 0.25) is 0 Å². The van der Waals surface area contributed by atoms with E-state index in [0.717, 1.165) is 6.61 Å². The quantitative estimate of drug-likeness (QED) is 0.446. The molecule has 1 heterocycles. The van der Waals surface area contributed by atoms with Crippen LogP contribution in [0.1, 0.15) is 13.3 Å². The van der Waals surface area contributed by atoms with Crippen LogP contribution < -0.4 is 0 Å². The van der Waals surface area contributed by atoms with Gasteiger partial charge in [0.05, 0.1) is 12.7 Å². The van der Waals surface area contributed by atoms with Crippen LogP contribution in [0.25, 0.3) is 0 Å². The first-order valence-corrected chi connectivity index (χ1v) is 3.52. The van der Waals surface area contributed by atoms with Crippen molar-refractivity contribution in [1.82, 2.24) is 0 Å². The molecule has 1 saturated heterocycles. The summed E-state index contributed by atoms with van der Waals surface area (Å²) in [5, 5.41) is 0. The summed E-state index contributed by atoms with van der Waals surface area (Å²) in [5.41, 5.74) is 0. The largest absolute Gasteiger partial charge is 0.372 e. The summed E-state index contributed by atoms with van der Waals surface area (Å²) in [6.45, 7) is 3.12. The molecular weight excluding hydrogens is 156 g/mol. The predicted octanol–water partition coefficient (Wildman–Crippen LogP) is 1.56. The zero-order valence-corrected chi connectivity index (χ0v) is 5.94. The van der Waals surface area contributed by atoms with Gasteiger partial charge in [0.25, 0.3) is 0 Å². The standard InChI is InChI=1S/C5H9BrO/c1-2-4(6)5-3-7-5/h4-5H,2-3H2,1H3/t4-,5+/m0/s1. The summed E-state index contributed by atoms with van der Waals surface area (Å²) in [6.07, 6.45) is 1.70. The molecular formula is C5H9BrO. The van der Waals surface area contributed by atoms with E-state index in [-0.39, 0.29) is 0 Å². The number of halogens is 1. The highest BCUT2D eigenvalue weighted by Crippen LogP contribution is 2.22. The summed E-state index contributed by atoms with van der Waals surface area (Å²) in [6, 6.07) is 0. The zero-order valence-electron chi connectivity index (χ0n) is 4.36. The summed E-state index contributed by atoms with van der Waals surface area (Å²) < 4.78 is 5.01. The third-order valence-electron chi connectivity index (χ3n) is 1.15. The van der Waals surface area contributed by atoms with Gasteiger partial charge in [-0.2, -0.15) is 0 Å². The second kappa shape index (κ2) is 2.14. The van der Waals surface area contributed by atoms with E-state index < -0.39 is 0 Å². The second-order valence-corrected chi connectivity index (χ2v) is 2.97. The molecule has 42 valence electrons. The van der Waals surface area contributed by atoms with Crippen molar-refractivity contribution in [2.75, 3.05) is 6.61 Å². The molecule has 1 fully saturated rings. The first-order chi connectivity index (χ1) is 3.34. The first kappa shape index (κ1) is 5.57. The van der Waals surface area contributed by atoms with Crippen molar-refractivity contribution in [3.63, 3.8) is 0 Å². The van der Waals surface area contributed by atoms with Crippen molar-refractivity contribution >= 4 is 15.9 Å². The lowest BCUT2D eigenvalue weighted by Crippen LogP contribution is -2.02. The smallest absolute Gasteiger partial charge is 0.0934 e. The third kappa shape index (κ3) is 1.42. The van der Waals surface area contributed by atoms with E-state index >= 15 is 0 Å². The summed E-state index contributed by atoms with van der Waals surface area (Å²) in [5.74, 6) is 0. The van der Waals surface area contributed by atoms with Gasteiger partial charge in [-0.1, -0.05) is 22.9 Å². The minimum absolute atomic E-state index is 0.532. The van der Waals surface area contributed by atoms with Crippen molar-refractivity contribution in [1.29, 1.82) is 0 Å². The fourth-order valence-corrected chi connectivity index (χ4v) is 0.832. The molecule has 0 amide bonds. The van der Waals surface area contributed by atoms with Crippen LogP contribution in [0.3, 0.4) is 0 Å². The van der Waals surface area contributed by atoms with Crippen LogP contribution in [0.4, 0.5) is 0 Å². The molecule has 0 radical (unpaired) electrons. The minimum atomic E-state index is 0.532. The molecule has 0 saturated carbocycles. The SMILES string of the molecule is CC[C@H](Br)[C@H]1CO1. The van der Waals surface area contributed by atoms with Gasteiger partial charge in [-0.25, -0.2) is 0 Å². The van der Waals surface area contributed by atoms with Crippen LogP contribution in [0, 0.1) is 0 Å². The number of ether oxygens (including phenoxy) is 1. The number of rotatable bonds is 2. The topological polar surface area (TPSA) is 12.5 Å². The monoisotopic (exact) mass is 164 g/mol. The van der Waals surface area contributed by atoms with Gasteiger partial charge in [0.15, 0.2) is 0 Å². The van der Waals surface area contributed by atoms with Crippen LogP contribution in [0.5, 0.6) is 0 Å². The Bertz CT molecular complexity index is 61.1. The Hall–Kier alpha value is 0.440. The molecule has 0 spiro atoms. The molecule has 0 aromatic heterocycles. The third-order valence-corrected chi connectivity index (χ3v) is 2.39. The predicted molar refractivity (Wildman–Crippen MR) is 32.7 cm³/mol. The fraction of sp³-hybridized carbons (Fsp3) is 1.00. The van der Waals surface area contributed by atoms with Crippen LogP contribution in [-0.2, 0) is 4.74 Å². The Morgan fingerprint density at radius 3 is 2.71 bits per heavy atom. The van der Waals surface area contributed by atoms with E-state index in [2.05, 4.69) is 22.9 Å². The van der Waals surface area contributed by atoms with Crippen molar-refractivity contribution in [2.24, 2.45) is 0 Å². The lowest BCUT2D eigenvalue weighted by Gasteiger charge is -1.96. The van der Waals surface area contributed by atoms with Gasteiger partial charge < -0.3 is 4.74 Å². The summed E-state index contributed by atoms with van der Waals surface area (Å²) in [4.78, 5) is 0.604. The van der Waals surface area contributed by atoms with Crippen molar-refractivity contribution < 1.29 is 4.74 Å². The Labute approximate surface area is 52.2 Å². The molecule has 0 bridgehead atoms. The van der Waals surface area contributed by atoms with Crippen molar-refractivity contribution in [3.05, 3.63) is 0 Å². The highest BCUT2D eigenvalue weighted by Gasteiger charge is 2.28. The zero-order chi connectivity index (χ0) is 5.28. The average Bonchev–Trinajstić information content (AvgIpc) is 2.44. The molecule has 0 aliphatic carbocycles. The molecule has 0 unspecified atom stereocenters. The lowest BCUT2D eigenvalue weighted by atomic mass is 10.3. The van der Waals surface area contributed by atoms with Gasteiger partial charge in [-0.05, 0) is 6.42 Å². The van der Waals surface area contributed by atoms with Crippen molar-refractivity contribution in [2.45, 2.75) is 24.3 Å². The van der Waals surface area contributed by atoms with E-state index in [1.165, 1.54) is 6.42 Å². The first-order valence-electron chi connectivity index (χ1n) is 2.60. The van der Waals surface area contributed by atoms with E-state index in [1.807, 2.05) is 0 Å². The van der Waals surface area contributed by atoms with E-state index in [0.29, 0.717) is 10.9 Å². The maximum Gasteiger partial charge on any atom is 0.0934 e. The number of epoxide rings is 1. The van der Waals surface area contributed by atoms with Crippen LogP contribution in [0.15, 0.2) is 0 Å². The Morgan fingerprint density at radius 1 is 2.00 bits per heavy atom. The van der Waals surface area contributed by atoms with Crippen LogP contribution >= 0.6 is 15.9 Å². The molecule has 7 heavy (non-hydrogen) atoms. The van der Waals surface area contributed by atoms with Crippen molar-refractivity contribution in [3.8, 4) is 0 Å². The number of alkyl halides is 1. The molecule has 1 aliphatic heterocycles. The van der Waals surface area contributed by atoms with E-state index in [4.69, 9.17) is 4.74 Å². The molecule has 0 N–H and O–H groups in total. The summed E-state index contributed by atoms with van der Waals surface area (Å²) >= 11 is 3.48. The molecule has 1 aliphatic rings. The fourth-order valence-electron chi connectivity index (χ4n) is 0.527. The van der Waals surface area contributed by atoms with Crippen LogP contribution in [-0.4, -0.2) is 17.5 Å². The Kier molecular flexibility index (Phi) is 1.70. The van der Waals surface area contributed by atoms with E-state index in [1.54, 1.807) is 0 Å². The van der Waals surface area contributed by atoms with Gasteiger partial charge in [-0.3, -0.25) is 0 Å². The van der Waals surface area contributed by atoms with Crippen LogP contribution in [0.2, 0.25) is 0 Å². The normalized spacial score (nSPS) is 32.6. The van der Waals surface area contributed by atoms with Gasteiger partial charge in [-0.15, -0.1) is 0 Å². The maximum absolute atomic E-state index is 5.01. The van der Waals surface area contributed by atoms with Gasteiger partial charge >= 0.3 is 0 Å². The number of hydrogen-bond donors (Lipinski definition) is 0. The second-order valence-electron chi connectivity index (χ2n) is 1.80. The minimum Gasteiger partial charge on any atom is -0.372 e. The molecule has 2 atom stereocenters. The highest BCUT2D eigenvalue weighted by molar-refractivity contribution is 9.09. The summed E-state index contributed by atoms with van der Waals surface area (Å²) in [7, 11) is 0. The Morgan fingerprint density at radius 2 is 2.57 bits per heavy atom. The molecule has 1 nitrogen and oxygen atoms in total. The molecule has 2 heteroatoms. The lowest BCUT2D eigenvalue weighted by molar-refractivity contribution is 0.402. The number of hydrogen-bond acceptors (Lipinski definition) is 1. The molecule has 0 aromatic rings. The average molecular weight is 165 g/mol. The van der Waals surface area contributed by atoms with E-state index in [9.17, 15) is 0 Å². The highest BCUT2D eigenvalue weighted by atomic mass is 79.9. The Balaban J connectivity index is 2.10. The van der Waals surface area contributed by atoms with Gasteiger partial charge in [0.1, 0.15) is 0 Å². The maximum atomic E-state index is 5.01.